The van der Waals surface area contributed by atoms with E-state index in [-0.39, 0.29) is 0 Å². The van der Waals surface area contributed by atoms with Gasteiger partial charge >= 0.3 is 0 Å². The summed E-state index contributed by atoms with van der Waals surface area (Å²) in [6, 6.07) is 56.9. The third kappa shape index (κ3) is 5.40. The lowest BCUT2D eigenvalue weighted by molar-refractivity contribution is 1.10. The fourth-order valence-corrected chi connectivity index (χ4v) is 8.71. The number of nitrogens with zero attached hydrogens (tertiary/aromatic N) is 4. The van der Waals surface area contributed by atoms with Crippen molar-refractivity contribution in [1.82, 2.24) is 14.1 Å². The van der Waals surface area contributed by atoms with E-state index in [4.69, 9.17) is 11.6 Å². The first kappa shape index (κ1) is 33.4. The van der Waals surface area contributed by atoms with Crippen molar-refractivity contribution >= 4 is 49.3 Å². The third-order valence-electron chi connectivity index (χ3n) is 11.1. The topological polar surface area (TPSA) is 27.1 Å². The molecule has 0 aliphatic rings. The summed E-state index contributed by atoms with van der Waals surface area (Å²) in [6.07, 6.45) is 0. The van der Waals surface area contributed by atoms with E-state index in [1.54, 1.807) is 0 Å². The summed E-state index contributed by atoms with van der Waals surface area (Å²) in [6.45, 7) is 16.9. The molecule has 10 rings (SSSR count). The van der Waals surface area contributed by atoms with E-state index in [1.807, 2.05) is 13.8 Å². The number of hydrogen-bond acceptors (Lipinski definition) is 1. The predicted octanol–water partition coefficient (Wildman–Crippen LogP) is 14.1. The largest absolute Gasteiger partial charge is 0.308 e. The standard InChI is InChI=1S/C52H38N4/c1-32-12-10-14-36(24-32)38-20-22-43-41-16-6-8-18-47(41)55(49(43)28-38)51-30-45(40-26-34(3)54-35(4)27-40)46(53-5)31-52(51)56-48-19-9-7-17-42(48)44-23-21-39(29-50(44)56)37-15-11-13-33(2)25-37/h6-31H,1-4H3. The first-order chi connectivity index (χ1) is 27.3. The zero-order valence-electron chi connectivity index (χ0n) is 31.8. The van der Waals surface area contributed by atoms with Gasteiger partial charge in [0, 0.05) is 32.9 Å². The van der Waals surface area contributed by atoms with Crippen LogP contribution >= 0.6 is 0 Å². The Labute approximate surface area is 326 Å². The molecule has 3 heterocycles. The van der Waals surface area contributed by atoms with Gasteiger partial charge in [0.1, 0.15) is 0 Å². The van der Waals surface area contributed by atoms with Crippen LogP contribution in [-0.2, 0) is 0 Å². The Bertz CT molecular complexity index is 3240. The maximum atomic E-state index is 8.60. The highest BCUT2D eigenvalue weighted by Gasteiger charge is 2.23. The van der Waals surface area contributed by atoms with Crippen LogP contribution in [0.25, 0.3) is 93.2 Å². The molecule has 7 aromatic carbocycles. The average Bonchev–Trinajstić information content (AvgIpc) is 3.72. The number of hydrogen-bond donors (Lipinski definition) is 0. The Balaban J connectivity index is 1.37. The van der Waals surface area contributed by atoms with Crippen LogP contribution in [0.1, 0.15) is 22.5 Å². The van der Waals surface area contributed by atoms with Gasteiger partial charge in [-0.15, -0.1) is 0 Å². The third-order valence-corrected chi connectivity index (χ3v) is 11.1. The molecular weight excluding hydrogens is 681 g/mol. The molecule has 0 unspecified atom stereocenters. The average molecular weight is 719 g/mol. The number of fused-ring (bicyclic) bond motifs is 6. The van der Waals surface area contributed by atoms with Crippen LogP contribution in [0.15, 0.2) is 158 Å². The van der Waals surface area contributed by atoms with E-state index in [1.165, 1.54) is 43.8 Å². The molecule has 0 spiro atoms. The van der Waals surface area contributed by atoms with Gasteiger partial charge in [-0.3, -0.25) is 4.98 Å². The van der Waals surface area contributed by atoms with Crippen LogP contribution in [0.4, 0.5) is 5.69 Å². The highest BCUT2D eigenvalue weighted by atomic mass is 15.1. The first-order valence-corrected chi connectivity index (χ1v) is 19.1. The van der Waals surface area contributed by atoms with Gasteiger partial charge in [0.15, 0.2) is 5.69 Å². The lowest BCUT2D eigenvalue weighted by atomic mass is 10.00. The van der Waals surface area contributed by atoms with Crippen molar-refractivity contribution in [2.24, 2.45) is 0 Å². The Morgan fingerprint density at radius 3 is 1.38 bits per heavy atom. The summed E-state index contributed by atoms with van der Waals surface area (Å²) >= 11 is 0. The van der Waals surface area contributed by atoms with Gasteiger partial charge in [-0.2, -0.15) is 0 Å². The zero-order valence-corrected chi connectivity index (χ0v) is 31.8. The van der Waals surface area contributed by atoms with Crippen LogP contribution < -0.4 is 0 Å². The minimum absolute atomic E-state index is 0.593. The summed E-state index contributed by atoms with van der Waals surface area (Å²) < 4.78 is 4.80. The fraction of sp³-hybridized carbons (Fsp3) is 0.0769. The molecule has 0 atom stereocenters. The van der Waals surface area contributed by atoms with Crippen LogP contribution in [0.2, 0.25) is 0 Å². The second-order valence-electron chi connectivity index (χ2n) is 15.0. The monoisotopic (exact) mass is 718 g/mol. The molecule has 0 N–H and O–H groups in total. The number of pyridine rings is 1. The van der Waals surface area contributed by atoms with E-state index in [2.05, 4.69) is 186 Å². The molecule has 0 saturated carbocycles. The molecule has 56 heavy (non-hydrogen) atoms. The molecular formula is C52H38N4. The lowest BCUT2D eigenvalue weighted by Gasteiger charge is -2.20. The normalized spacial score (nSPS) is 11.6. The molecule has 0 fully saturated rings. The molecule has 0 amide bonds. The molecule has 266 valence electrons. The maximum absolute atomic E-state index is 8.60. The van der Waals surface area contributed by atoms with E-state index in [0.29, 0.717) is 5.69 Å². The van der Waals surface area contributed by atoms with Crippen molar-refractivity contribution in [2.45, 2.75) is 27.7 Å². The number of benzene rings is 7. The van der Waals surface area contributed by atoms with Crippen LogP contribution in [0.3, 0.4) is 0 Å². The number of aromatic nitrogens is 3. The minimum Gasteiger partial charge on any atom is -0.308 e. The van der Waals surface area contributed by atoms with Crippen molar-refractivity contribution in [2.75, 3.05) is 0 Å². The summed E-state index contributed by atoms with van der Waals surface area (Å²) in [5.41, 5.74) is 17.8. The second kappa shape index (κ2) is 13.0. The van der Waals surface area contributed by atoms with Gasteiger partial charge < -0.3 is 9.13 Å². The van der Waals surface area contributed by atoms with Gasteiger partial charge in [-0.05, 0) is 110 Å². The van der Waals surface area contributed by atoms with Gasteiger partial charge in [0.25, 0.3) is 0 Å². The molecule has 0 bridgehead atoms. The summed E-state index contributed by atoms with van der Waals surface area (Å²) in [4.78, 5) is 8.92. The van der Waals surface area contributed by atoms with Crippen LogP contribution in [-0.4, -0.2) is 14.1 Å². The smallest absolute Gasteiger partial charge is 0.197 e. The highest BCUT2D eigenvalue weighted by molar-refractivity contribution is 6.13. The molecule has 0 aliphatic heterocycles. The van der Waals surface area contributed by atoms with Gasteiger partial charge in [0.2, 0.25) is 0 Å². The van der Waals surface area contributed by atoms with Crippen molar-refractivity contribution in [1.29, 1.82) is 0 Å². The van der Waals surface area contributed by atoms with E-state index in [0.717, 1.165) is 67.1 Å². The highest BCUT2D eigenvalue weighted by Crippen LogP contribution is 2.44. The number of para-hydroxylation sites is 2. The van der Waals surface area contributed by atoms with Crippen molar-refractivity contribution in [3.8, 4) is 44.8 Å². The number of aryl methyl sites for hydroxylation is 4. The van der Waals surface area contributed by atoms with E-state index < -0.39 is 0 Å². The van der Waals surface area contributed by atoms with Gasteiger partial charge in [0.05, 0.1) is 40.0 Å². The van der Waals surface area contributed by atoms with Crippen LogP contribution in [0, 0.1) is 34.3 Å². The minimum atomic E-state index is 0.593. The fourth-order valence-electron chi connectivity index (χ4n) is 8.71. The van der Waals surface area contributed by atoms with Gasteiger partial charge in [-0.25, -0.2) is 4.85 Å². The molecule has 0 aliphatic carbocycles. The molecule has 3 aromatic heterocycles. The predicted molar refractivity (Wildman–Crippen MR) is 234 cm³/mol. The molecule has 4 nitrogen and oxygen atoms in total. The summed E-state index contributed by atoms with van der Waals surface area (Å²) in [7, 11) is 0. The summed E-state index contributed by atoms with van der Waals surface area (Å²) in [5, 5.41) is 4.70. The molecule has 10 aromatic rings. The maximum Gasteiger partial charge on any atom is 0.197 e. The van der Waals surface area contributed by atoms with Crippen molar-refractivity contribution < 1.29 is 0 Å². The van der Waals surface area contributed by atoms with Gasteiger partial charge in [-0.1, -0.05) is 120 Å². The van der Waals surface area contributed by atoms with Crippen molar-refractivity contribution in [3.05, 3.63) is 192 Å². The Morgan fingerprint density at radius 1 is 0.411 bits per heavy atom. The Kier molecular flexibility index (Phi) is 7.73. The molecule has 0 radical (unpaired) electrons. The van der Waals surface area contributed by atoms with Crippen LogP contribution in [0.5, 0.6) is 0 Å². The first-order valence-electron chi connectivity index (χ1n) is 19.1. The Hall–Kier alpha value is -7.22. The molecule has 4 heteroatoms. The van der Waals surface area contributed by atoms with Crippen molar-refractivity contribution in [3.63, 3.8) is 0 Å². The Morgan fingerprint density at radius 2 is 0.875 bits per heavy atom. The number of rotatable bonds is 5. The lowest BCUT2D eigenvalue weighted by Crippen LogP contribution is -2.04. The quantitative estimate of drug-likeness (QED) is 0.163. The molecule has 0 saturated heterocycles. The second-order valence-corrected chi connectivity index (χ2v) is 15.0. The zero-order chi connectivity index (χ0) is 38.1. The van der Waals surface area contributed by atoms with E-state index in [9.17, 15) is 0 Å². The SMILES string of the molecule is [C-]#[N+]c1cc(-n2c3ccccc3c3ccc(-c4cccc(C)c4)cc32)c(-n2c3ccccc3c3ccc(-c4cccc(C)c4)cc32)cc1-c1cc(C)nc(C)c1. The summed E-state index contributed by atoms with van der Waals surface area (Å²) in [5.74, 6) is 0. The van der Waals surface area contributed by atoms with E-state index >= 15 is 0 Å².